The van der Waals surface area contributed by atoms with Gasteiger partial charge in [-0.1, -0.05) is 42.5 Å². The third-order valence-electron chi connectivity index (χ3n) is 5.39. The Hall–Kier alpha value is -3.61. The highest BCUT2D eigenvalue weighted by molar-refractivity contribution is 6.15. The highest BCUT2D eigenvalue weighted by Crippen LogP contribution is 2.35. The fourth-order valence-electron chi connectivity index (χ4n) is 3.71. The van der Waals surface area contributed by atoms with Crippen LogP contribution in [0.3, 0.4) is 0 Å². The number of aromatic amines is 1. The molecule has 0 aliphatic carbocycles. The lowest BCUT2D eigenvalue weighted by Gasteiger charge is -2.24. The van der Waals surface area contributed by atoms with Gasteiger partial charge in [-0.05, 0) is 57.2 Å². The van der Waals surface area contributed by atoms with Gasteiger partial charge in [0.2, 0.25) is 0 Å². The van der Waals surface area contributed by atoms with Crippen LogP contribution in [0.1, 0.15) is 31.1 Å². The number of H-pyrrole nitrogens is 1. The minimum atomic E-state index is -0.648. The molecule has 176 valence electrons. The summed E-state index contributed by atoms with van der Waals surface area (Å²) in [6, 6.07) is 26.5. The molecule has 4 rings (SSSR count). The first-order valence-electron chi connectivity index (χ1n) is 11.4. The summed E-state index contributed by atoms with van der Waals surface area (Å²) in [7, 11) is 0. The highest BCUT2D eigenvalue weighted by atomic mass is 16.5. The summed E-state index contributed by atoms with van der Waals surface area (Å²) >= 11 is 0. The van der Waals surface area contributed by atoms with Crippen molar-refractivity contribution in [3.05, 3.63) is 90.5 Å². The fraction of sp³-hybridized carbons (Fsp3) is 0.250. The Bertz CT molecular complexity index is 1230. The average Bonchev–Trinajstić information content (AvgIpc) is 3.26. The zero-order chi connectivity index (χ0) is 24.1. The van der Waals surface area contributed by atoms with E-state index in [0.717, 1.165) is 22.3 Å². The quantitative estimate of drug-likeness (QED) is 0.337. The summed E-state index contributed by atoms with van der Waals surface area (Å²) in [4.78, 5) is 18.6. The van der Waals surface area contributed by atoms with E-state index in [1.165, 1.54) is 0 Å². The molecule has 1 unspecified atom stereocenters. The Balaban J connectivity index is 1.64. The summed E-state index contributed by atoms with van der Waals surface area (Å²) in [6.07, 6.45) is -0.648. The number of para-hydroxylation sites is 1. The van der Waals surface area contributed by atoms with Gasteiger partial charge in [-0.3, -0.25) is 9.69 Å². The maximum absolute atomic E-state index is 13.6. The van der Waals surface area contributed by atoms with Crippen molar-refractivity contribution in [3.8, 4) is 5.88 Å². The van der Waals surface area contributed by atoms with Crippen LogP contribution in [0.25, 0.3) is 10.9 Å². The van der Waals surface area contributed by atoms with Crippen LogP contribution in [0.15, 0.2) is 84.9 Å². The fourth-order valence-corrected chi connectivity index (χ4v) is 3.71. The Morgan fingerprint density at radius 2 is 1.68 bits per heavy atom. The molecular formula is C28H31N3O3. The summed E-state index contributed by atoms with van der Waals surface area (Å²) < 4.78 is 5.85. The zero-order valence-corrected chi connectivity index (χ0v) is 19.8. The second-order valence-corrected chi connectivity index (χ2v) is 9.31. The number of aromatic nitrogens is 1. The number of nitrogens with zero attached hydrogens (tertiary/aromatic N) is 1. The van der Waals surface area contributed by atoms with E-state index in [-0.39, 0.29) is 18.1 Å². The van der Waals surface area contributed by atoms with E-state index < -0.39 is 6.10 Å². The Labute approximate surface area is 200 Å². The van der Waals surface area contributed by atoms with Crippen molar-refractivity contribution in [2.24, 2.45) is 0 Å². The second-order valence-electron chi connectivity index (χ2n) is 9.31. The van der Waals surface area contributed by atoms with Crippen molar-refractivity contribution in [2.45, 2.75) is 32.4 Å². The summed E-state index contributed by atoms with van der Waals surface area (Å²) in [5.74, 6) is 0.420. The van der Waals surface area contributed by atoms with Crippen LogP contribution >= 0.6 is 0 Å². The molecule has 1 heterocycles. The SMILES string of the molecule is CC(C)(C)NCC(O)COc1cc2c(N(C(=O)c3ccccc3)c3ccccc3)cccc2[nH]1. The lowest BCUT2D eigenvalue weighted by molar-refractivity contribution is 0.0982. The van der Waals surface area contributed by atoms with Crippen molar-refractivity contribution >= 4 is 28.2 Å². The molecule has 4 aromatic rings. The van der Waals surface area contributed by atoms with E-state index in [2.05, 4.69) is 31.1 Å². The van der Waals surface area contributed by atoms with Gasteiger partial charge in [0, 0.05) is 34.8 Å². The molecule has 0 spiro atoms. The molecule has 0 saturated heterocycles. The predicted octanol–water partition coefficient (Wildman–Crippen LogP) is 5.27. The van der Waals surface area contributed by atoms with Gasteiger partial charge in [0.05, 0.1) is 11.2 Å². The molecule has 34 heavy (non-hydrogen) atoms. The van der Waals surface area contributed by atoms with Crippen LogP contribution in [0.5, 0.6) is 5.88 Å². The monoisotopic (exact) mass is 457 g/mol. The van der Waals surface area contributed by atoms with Crippen LogP contribution in [-0.2, 0) is 0 Å². The number of aliphatic hydroxyl groups excluding tert-OH is 1. The third kappa shape index (κ3) is 5.65. The van der Waals surface area contributed by atoms with Gasteiger partial charge in [0.15, 0.2) is 5.88 Å². The van der Waals surface area contributed by atoms with Crippen molar-refractivity contribution in [3.63, 3.8) is 0 Å². The summed E-state index contributed by atoms with van der Waals surface area (Å²) in [5.41, 5.74) is 2.89. The minimum absolute atomic E-state index is 0.0802. The number of aliphatic hydroxyl groups is 1. The molecular weight excluding hydrogens is 426 g/mol. The largest absolute Gasteiger partial charge is 0.476 e. The smallest absolute Gasteiger partial charge is 0.262 e. The van der Waals surface area contributed by atoms with Crippen molar-refractivity contribution < 1.29 is 14.6 Å². The minimum Gasteiger partial charge on any atom is -0.476 e. The molecule has 6 heteroatoms. The zero-order valence-electron chi connectivity index (χ0n) is 19.8. The summed E-state index contributed by atoms with van der Waals surface area (Å²) in [6.45, 7) is 6.73. The number of anilines is 2. The van der Waals surface area contributed by atoms with Gasteiger partial charge < -0.3 is 20.1 Å². The maximum Gasteiger partial charge on any atom is 0.262 e. The number of ether oxygens (including phenoxy) is 1. The molecule has 3 aromatic carbocycles. The highest BCUT2D eigenvalue weighted by Gasteiger charge is 2.22. The number of nitrogens with one attached hydrogen (secondary N) is 2. The second kappa shape index (κ2) is 10.1. The van der Waals surface area contributed by atoms with Gasteiger partial charge in [-0.15, -0.1) is 0 Å². The number of β-amino-alcohol motifs (C(OH)–C–C–N with tert-alkyl or cyclic N) is 1. The number of carbonyl (C=O) groups is 1. The predicted molar refractivity (Wildman–Crippen MR) is 137 cm³/mol. The first kappa shape index (κ1) is 23.5. The molecule has 1 atom stereocenters. The number of rotatable bonds is 8. The normalized spacial score (nSPS) is 12.5. The van der Waals surface area contributed by atoms with Crippen LogP contribution in [0.4, 0.5) is 11.4 Å². The van der Waals surface area contributed by atoms with Crippen molar-refractivity contribution in [1.29, 1.82) is 0 Å². The molecule has 0 fully saturated rings. The molecule has 0 bridgehead atoms. The number of carbonyl (C=O) groups excluding carboxylic acids is 1. The van der Waals surface area contributed by atoms with Crippen molar-refractivity contribution in [2.75, 3.05) is 18.1 Å². The van der Waals surface area contributed by atoms with E-state index in [1.54, 1.807) is 4.90 Å². The Morgan fingerprint density at radius 1 is 1.00 bits per heavy atom. The molecule has 1 amide bonds. The molecule has 0 aliphatic rings. The Morgan fingerprint density at radius 3 is 2.35 bits per heavy atom. The van der Waals surface area contributed by atoms with E-state index in [1.807, 2.05) is 84.9 Å². The number of amides is 1. The molecule has 0 aliphatic heterocycles. The third-order valence-corrected chi connectivity index (χ3v) is 5.39. The first-order chi connectivity index (χ1) is 16.3. The molecule has 0 saturated carbocycles. The van der Waals surface area contributed by atoms with Crippen molar-refractivity contribution in [1.82, 2.24) is 10.3 Å². The van der Waals surface area contributed by atoms with E-state index in [0.29, 0.717) is 18.0 Å². The summed E-state index contributed by atoms with van der Waals surface area (Å²) in [5, 5.41) is 14.4. The van der Waals surface area contributed by atoms with Crippen LogP contribution < -0.4 is 15.0 Å². The lowest BCUT2D eigenvalue weighted by Crippen LogP contribution is -2.42. The van der Waals surface area contributed by atoms with Gasteiger partial charge >= 0.3 is 0 Å². The molecule has 0 radical (unpaired) electrons. The molecule has 1 aromatic heterocycles. The van der Waals surface area contributed by atoms with Crippen LogP contribution in [0, 0.1) is 0 Å². The average molecular weight is 458 g/mol. The van der Waals surface area contributed by atoms with E-state index >= 15 is 0 Å². The standard InChI is InChI=1S/C28H31N3O3/c1-28(2,3)29-18-22(32)19-34-26-17-23-24(30-26)15-10-16-25(23)31(21-13-8-5-9-14-21)27(33)20-11-6-4-7-12-20/h4-17,22,29-30,32H,18-19H2,1-3H3. The van der Waals surface area contributed by atoms with Gasteiger partial charge in [0.1, 0.15) is 12.7 Å². The maximum atomic E-state index is 13.6. The van der Waals surface area contributed by atoms with Crippen LogP contribution in [-0.4, -0.2) is 40.8 Å². The van der Waals surface area contributed by atoms with E-state index in [4.69, 9.17) is 4.74 Å². The van der Waals surface area contributed by atoms with E-state index in [9.17, 15) is 9.90 Å². The van der Waals surface area contributed by atoms with Crippen LogP contribution in [0.2, 0.25) is 0 Å². The van der Waals surface area contributed by atoms with Gasteiger partial charge in [0.25, 0.3) is 5.91 Å². The van der Waals surface area contributed by atoms with Gasteiger partial charge in [-0.2, -0.15) is 0 Å². The Kier molecular flexibility index (Phi) is 7.01. The number of hydrogen-bond donors (Lipinski definition) is 3. The molecule has 6 nitrogen and oxygen atoms in total. The number of hydrogen-bond acceptors (Lipinski definition) is 4. The number of benzene rings is 3. The molecule has 3 N–H and O–H groups in total. The van der Waals surface area contributed by atoms with Gasteiger partial charge in [-0.25, -0.2) is 0 Å². The topological polar surface area (TPSA) is 77.6 Å². The first-order valence-corrected chi connectivity index (χ1v) is 11.4. The lowest BCUT2D eigenvalue weighted by atomic mass is 10.1. The number of fused-ring (bicyclic) bond motifs is 1.